The molecule has 0 fully saturated rings. The molecule has 0 spiro atoms. The maximum atomic E-state index is 3.81. The number of hydrogen-bond acceptors (Lipinski definition) is 3. The van der Waals surface area contributed by atoms with Crippen LogP contribution in [0.15, 0.2) is 24.3 Å². The third-order valence-corrected chi connectivity index (χ3v) is 1.23. The second kappa shape index (κ2) is 3.65. The van der Waals surface area contributed by atoms with E-state index in [9.17, 15) is 0 Å². The van der Waals surface area contributed by atoms with E-state index in [0.717, 1.165) is 11.0 Å². The van der Waals surface area contributed by atoms with Crippen molar-refractivity contribution in [1.29, 1.82) is 0 Å². The molecule has 0 atom stereocenters. The fourth-order valence-corrected chi connectivity index (χ4v) is 0.788. The van der Waals surface area contributed by atoms with Crippen molar-refractivity contribution >= 4 is 11.0 Å². The zero-order chi connectivity index (χ0) is 6.10. The van der Waals surface area contributed by atoms with Crippen LogP contribution in [0, 0.1) is 0 Å². The Hall–Kier alpha value is -1.46. The molecule has 0 amide bonds. The largest absolute Gasteiger partial charge is 0.412 e. The third kappa shape index (κ3) is 1.51. The molecule has 1 aromatic carbocycles. The van der Waals surface area contributed by atoms with Crippen LogP contribution in [0.25, 0.3) is 11.0 Å². The second-order valence-electron chi connectivity index (χ2n) is 1.83. The van der Waals surface area contributed by atoms with Crippen LogP contribution in [0.4, 0.5) is 0 Å². The molecule has 0 aliphatic rings. The minimum Gasteiger partial charge on any atom is -0.412 e. The number of rotatable bonds is 0. The molecule has 0 saturated carbocycles. The van der Waals surface area contributed by atoms with Gasteiger partial charge in [0.1, 0.15) is 5.52 Å². The van der Waals surface area contributed by atoms with Crippen molar-refractivity contribution in [3.63, 3.8) is 0 Å². The minimum atomic E-state index is 0. The van der Waals surface area contributed by atoms with Crippen LogP contribution in [-0.2, 0) is 0 Å². The Kier molecular flexibility index (Phi) is 3.16. The van der Waals surface area contributed by atoms with Crippen LogP contribution < -0.4 is 6.15 Å². The van der Waals surface area contributed by atoms with Crippen molar-refractivity contribution in [1.82, 2.24) is 21.6 Å². The van der Waals surface area contributed by atoms with E-state index in [1.807, 2.05) is 24.3 Å². The normalized spacial score (nSPS) is 8.36. The maximum Gasteiger partial charge on any atom is 0.112 e. The molecule has 0 unspecified atom stereocenters. The van der Waals surface area contributed by atoms with Crippen molar-refractivity contribution in [3.05, 3.63) is 24.3 Å². The molecule has 60 valence electrons. The van der Waals surface area contributed by atoms with E-state index >= 15 is 0 Å². The van der Waals surface area contributed by atoms with Gasteiger partial charge in [-0.25, -0.2) is 0 Å². The highest BCUT2D eigenvalue weighted by molar-refractivity contribution is 5.72. The molecule has 1 aromatic heterocycles. The minimum absolute atomic E-state index is 0. The summed E-state index contributed by atoms with van der Waals surface area (Å²) in [5, 5.41) is 10.2. The Morgan fingerprint density at radius 3 is 2.64 bits per heavy atom. The molecule has 5 heteroatoms. The SMILES string of the molecule is N.O.c1ccc2[nH]nnc2c1. The molecule has 2 aromatic rings. The van der Waals surface area contributed by atoms with E-state index in [1.165, 1.54) is 0 Å². The third-order valence-electron chi connectivity index (χ3n) is 1.23. The van der Waals surface area contributed by atoms with Crippen LogP contribution in [0.5, 0.6) is 0 Å². The summed E-state index contributed by atoms with van der Waals surface area (Å²) in [5.41, 5.74) is 1.90. The van der Waals surface area contributed by atoms with Gasteiger partial charge in [-0.1, -0.05) is 17.3 Å². The molecule has 0 aliphatic carbocycles. The smallest absolute Gasteiger partial charge is 0.112 e. The highest BCUT2D eigenvalue weighted by atomic mass is 16.0. The number of aromatic nitrogens is 3. The summed E-state index contributed by atoms with van der Waals surface area (Å²) in [7, 11) is 0. The van der Waals surface area contributed by atoms with Gasteiger partial charge in [0.2, 0.25) is 0 Å². The van der Waals surface area contributed by atoms with Gasteiger partial charge in [-0.3, -0.25) is 5.10 Å². The Morgan fingerprint density at radius 1 is 1.18 bits per heavy atom. The molecule has 0 bridgehead atoms. The number of H-pyrrole nitrogens is 1. The van der Waals surface area contributed by atoms with Crippen molar-refractivity contribution in [2.75, 3.05) is 0 Å². The zero-order valence-electron chi connectivity index (χ0n) is 5.91. The molecular weight excluding hydrogens is 144 g/mol. The van der Waals surface area contributed by atoms with Gasteiger partial charge in [-0.15, -0.1) is 5.10 Å². The Labute approximate surface area is 63.3 Å². The van der Waals surface area contributed by atoms with Gasteiger partial charge in [0.05, 0.1) is 5.52 Å². The summed E-state index contributed by atoms with van der Waals surface area (Å²) >= 11 is 0. The van der Waals surface area contributed by atoms with Crippen molar-refractivity contribution < 1.29 is 5.48 Å². The lowest BCUT2D eigenvalue weighted by Gasteiger charge is -1.79. The molecule has 6 N–H and O–H groups in total. The summed E-state index contributed by atoms with van der Waals surface area (Å²) in [6.07, 6.45) is 0. The summed E-state index contributed by atoms with van der Waals surface area (Å²) in [5.74, 6) is 0. The van der Waals surface area contributed by atoms with Gasteiger partial charge in [0.25, 0.3) is 0 Å². The zero-order valence-corrected chi connectivity index (χ0v) is 5.91. The van der Waals surface area contributed by atoms with Crippen LogP contribution in [-0.4, -0.2) is 20.9 Å². The van der Waals surface area contributed by atoms with E-state index in [-0.39, 0.29) is 11.6 Å². The summed E-state index contributed by atoms with van der Waals surface area (Å²) in [4.78, 5) is 0. The van der Waals surface area contributed by atoms with Gasteiger partial charge in [-0.2, -0.15) is 0 Å². The Balaban J connectivity index is 0.000000500. The van der Waals surface area contributed by atoms with E-state index < -0.39 is 0 Å². The number of aromatic amines is 1. The van der Waals surface area contributed by atoms with Gasteiger partial charge < -0.3 is 11.6 Å². The van der Waals surface area contributed by atoms with Gasteiger partial charge in [-0.05, 0) is 12.1 Å². The predicted molar refractivity (Wildman–Crippen MR) is 42.5 cm³/mol. The van der Waals surface area contributed by atoms with Crippen LogP contribution in [0.2, 0.25) is 0 Å². The first kappa shape index (κ1) is 9.54. The lowest BCUT2D eigenvalue weighted by Crippen LogP contribution is -1.63. The second-order valence-corrected chi connectivity index (χ2v) is 1.83. The molecule has 0 aliphatic heterocycles. The molecule has 1 heterocycles. The molecule has 2 rings (SSSR count). The lowest BCUT2D eigenvalue weighted by molar-refractivity contribution is 0.824. The number of hydrogen-bond donors (Lipinski definition) is 2. The Morgan fingerprint density at radius 2 is 1.91 bits per heavy atom. The monoisotopic (exact) mass is 154 g/mol. The van der Waals surface area contributed by atoms with Crippen molar-refractivity contribution in [2.45, 2.75) is 0 Å². The van der Waals surface area contributed by atoms with Gasteiger partial charge >= 0.3 is 0 Å². The number of nitrogens with zero attached hydrogens (tertiary/aromatic N) is 2. The first-order valence-electron chi connectivity index (χ1n) is 2.72. The van der Waals surface area contributed by atoms with Crippen LogP contribution in [0.3, 0.4) is 0 Å². The predicted octanol–water partition coefficient (Wildman–Crippen LogP) is 0.295. The molecular formula is C6H10N4O. The van der Waals surface area contributed by atoms with Gasteiger partial charge in [0, 0.05) is 0 Å². The van der Waals surface area contributed by atoms with E-state index in [1.54, 1.807) is 0 Å². The van der Waals surface area contributed by atoms with Crippen LogP contribution >= 0.6 is 0 Å². The first-order chi connectivity index (χ1) is 4.47. The number of para-hydroxylation sites is 1. The van der Waals surface area contributed by atoms with E-state index in [0.29, 0.717) is 0 Å². The average Bonchev–Trinajstić information content (AvgIpc) is 2.33. The fraction of sp³-hybridized carbons (Fsp3) is 0. The number of fused-ring (bicyclic) bond motifs is 1. The molecule has 0 saturated heterocycles. The standard InChI is InChI=1S/C6H5N3.H3N.H2O/c1-2-4-6-5(3-1)7-9-8-6;;/h1-4H,(H,7,8,9);1H3;1H2. The summed E-state index contributed by atoms with van der Waals surface area (Å²) in [6.45, 7) is 0. The summed E-state index contributed by atoms with van der Waals surface area (Å²) < 4.78 is 0. The number of nitrogens with one attached hydrogen (secondary N) is 1. The topological polar surface area (TPSA) is 108 Å². The molecule has 5 nitrogen and oxygen atoms in total. The van der Waals surface area contributed by atoms with E-state index in [4.69, 9.17) is 0 Å². The number of benzene rings is 1. The van der Waals surface area contributed by atoms with Gasteiger partial charge in [0.15, 0.2) is 0 Å². The lowest BCUT2D eigenvalue weighted by atomic mass is 10.3. The highest BCUT2D eigenvalue weighted by Crippen LogP contribution is 2.03. The van der Waals surface area contributed by atoms with E-state index in [2.05, 4.69) is 15.4 Å². The highest BCUT2D eigenvalue weighted by Gasteiger charge is 1.90. The Bertz CT molecular complexity index is 289. The quantitative estimate of drug-likeness (QED) is 0.569. The van der Waals surface area contributed by atoms with Crippen LogP contribution in [0.1, 0.15) is 0 Å². The van der Waals surface area contributed by atoms with Crippen molar-refractivity contribution in [2.24, 2.45) is 0 Å². The maximum absolute atomic E-state index is 3.81. The summed E-state index contributed by atoms with van der Waals surface area (Å²) in [6, 6.07) is 7.74. The average molecular weight is 154 g/mol. The fourth-order valence-electron chi connectivity index (χ4n) is 0.788. The first-order valence-corrected chi connectivity index (χ1v) is 2.72. The molecule has 0 radical (unpaired) electrons. The van der Waals surface area contributed by atoms with Crippen molar-refractivity contribution in [3.8, 4) is 0 Å². The molecule has 11 heavy (non-hydrogen) atoms.